The number of benzene rings is 1. The summed E-state index contributed by atoms with van der Waals surface area (Å²) in [5.41, 5.74) is 0.594. The molecule has 1 aliphatic rings. The van der Waals surface area contributed by atoms with Gasteiger partial charge in [0.05, 0.1) is 11.7 Å². The van der Waals surface area contributed by atoms with Crippen molar-refractivity contribution in [2.75, 3.05) is 6.61 Å². The van der Waals surface area contributed by atoms with Crippen LogP contribution in [0.2, 0.25) is 0 Å². The minimum Gasteiger partial charge on any atom is -0.488 e. The summed E-state index contributed by atoms with van der Waals surface area (Å²) in [6.07, 6.45) is -0.842. The molecule has 4 heteroatoms. The summed E-state index contributed by atoms with van der Waals surface area (Å²) in [4.78, 5) is 11.3. The van der Waals surface area contributed by atoms with Gasteiger partial charge in [-0.3, -0.25) is 4.79 Å². The highest BCUT2D eigenvalue weighted by Crippen LogP contribution is 2.30. The number of aliphatic hydroxyl groups is 1. The van der Waals surface area contributed by atoms with E-state index in [9.17, 15) is 9.90 Å². The van der Waals surface area contributed by atoms with Gasteiger partial charge < -0.3 is 14.6 Å². The summed E-state index contributed by atoms with van der Waals surface area (Å²) in [7, 11) is 0. The standard InChI is InChI=1S/C12H14O4/c1-7(13)8(2)16-9-3-4-10-11(14)6-15-12(10)5-9/h3-5,7-8,13H,6H2,1-2H3. The average molecular weight is 222 g/mol. The maximum absolute atomic E-state index is 11.3. The molecule has 0 saturated carbocycles. The Balaban J connectivity index is 2.16. The van der Waals surface area contributed by atoms with Gasteiger partial charge in [0.15, 0.2) is 6.61 Å². The molecule has 1 aromatic rings. The third-order valence-corrected chi connectivity index (χ3v) is 2.61. The molecule has 2 unspecified atom stereocenters. The SMILES string of the molecule is CC(O)C(C)Oc1ccc2c(c1)OCC2=O. The molecule has 0 aromatic heterocycles. The molecule has 0 saturated heterocycles. The van der Waals surface area contributed by atoms with Gasteiger partial charge in [0.2, 0.25) is 5.78 Å². The molecular weight excluding hydrogens is 208 g/mol. The van der Waals surface area contributed by atoms with Crippen LogP contribution in [0.25, 0.3) is 0 Å². The number of carbonyl (C=O) groups is 1. The zero-order valence-electron chi connectivity index (χ0n) is 9.27. The second-order valence-electron chi connectivity index (χ2n) is 3.93. The zero-order chi connectivity index (χ0) is 11.7. The Morgan fingerprint density at radius 2 is 2.19 bits per heavy atom. The number of Topliss-reactive ketones (excluding diaryl/α,β-unsaturated/α-hetero) is 1. The van der Waals surface area contributed by atoms with E-state index in [1.165, 1.54) is 0 Å². The largest absolute Gasteiger partial charge is 0.488 e. The van der Waals surface area contributed by atoms with Gasteiger partial charge in [-0.1, -0.05) is 0 Å². The molecule has 86 valence electrons. The first-order chi connectivity index (χ1) is 7.58. The highest BCUT2D eigenvalue weighted by molar-refractivity contribution is 6.02. The Hall–Kier alpha value is -1.55. The molecule has 0 bridgehead atoms. The number of aliphatic hydroxyl groups excluding tert-OH is 1. The lowest BCUT2D eigenvalue weighted by Gasteiger charge is -2.17. The highest BCUT2D eigenvalue weighted by Gasteiger charge is 2.22. The topological polar surface area (TPSA) is 55.8 Å². The van der Waals surface area contributed by atoms with Crippen molar-refractivity contribution in [2.45, 2.75) is 26.1 Å². The number of hydrogen-bond donors (Lipinski definition) is 1. The van der Waals surface area contributed by atoms with Crippen LogP contribution in [0.15, 0.2) is 18.2 Å². The van der Waals surface area contributed by atoms with Gasteiger partial charge in [0.25, 0.3) is 0 Å². The minimum atomic E-state index is -0.546. The molecule has 4 nitrogen and oxygen atoms in total. The van der Waals surface area contributed by atoms with E-state index in [0.717, 1.165) is 0 Å². The van der Waals surface area contributed by atoms with Gasteiger partial charge in [-0.15, -0.1) is 0 Å². The minimum absolute atomic E-state index is 0.00914. The fourth-order valence-electron chi connectivity index (χ4n) is 1.46. The van der Waals surface area contributed by atoms with Gasteiger partial charge in [-0.25, -0.2) is 0 Å². The van der Waals surface area contributed by atoms with Crippen LogP contribution in [0.3, 0.4) is 0 Å². The van der Waals surface area contributed by atoms with Gasteiger partial charge in [-0.2, -0.15) is 0 Å². The van der Waals surface area contributed by atoms with Crippen molar-refractivity contribution in [3.63, 3.8) is 0 Å². The molecule has 0 amide bonds. The van der Waals surface area contributed by atoms with Crippen molar-refractivity contribution >= 4 is 5.78 Å². The third-order valence-electron chi connectivity index (χ3n) is 2.61. The molecule has 0 fully saturated rings. The molecule has 1 aromatic carbocycles. The summed E-state index contributed by atoms with van der Waals surface area (Å²) in [5.74, 6) is 1.15. The van der Waals surface area contributed by atoms with Crippen molar-refractivity contribution < 1.29 is 19.4 Å². The van der Waals surface area contributed by atoms with Gasteiger partial charge in [0, 0.05) is 6.07 Å². The lowest BCUT2D eigenvalue weighted by atomic mass is 10.1. The summed E-state index contributed by atoms with van der Waals surface area (Å²) in [5, 5.41) is 9.31. The quantitative estimate of drug-likeness (QED) is 0.840. The summed E-state index contributed by atoms with van der Waals surface area (Å²) in [6.45, 7) is 3.55. The lowest BCUT2D eigenvalue weighted by Crippen LogP contribution is -2.25. The molecular formula is C12H14O4. The maximum atomic E-state index is 11.3. The van der Waals surface area contributed by atoms with E-state index in [1.54, 1.807) is 32.0 Å². The van der Waals surface area contributed by atoms with E-state index in [-0.39, 0.29) is 18.5 Å². The second kappa shape index (κ2) is 4.14. The summed E-state index contributed by atoms with van der Waals surface area (Å²) >= 11 is 0. The molecule has 2 rings (SSSR count). The molecule has 1 heterocycles. The van der Waals surface area contributed by atoms with Crippen LogP contribution in [0.1, 0.15) is 24.2 Å². The van der Waals surface area contributed by atoms with Crippen molar-refractivity contribution in [3.8, 4) is 11.5 Å². The number of ether oxygens (including phenoxy) is 2. The van der Waals surface area contributed by atoms with Crippen LogP contribution in [0, 0.1) is 0 Å². The third kappa shape index (κ3) is 2.02. The van der Waals surface area contributed by atoms with Crippen LogP contribution in [-0.2, 0) is 0 Å². The predicted molar refractivity (Wildman–Crippen MR) is 58.0 cm³/mol. The normalized spacial score (nSPS) is 17.6. The van der Waals surface area contributed by atoms with Crippen LogP contribution < -0.4 is 9.47 Å². The van der Waals surface area contributed by atoms with Crippen LogP contribution in [0.5, 0.6) is 11.5 Å². The lowest BCUT2D eigenvalue weighted by molar-refractivity contribution is 0.0603. The van der Waals surface area contributed by atoms with E-state index < -0.39 is 6.10 Å². The number of rotatable bonds is 3. The molecule has 2 atom stereocenters. The Kier molecular flexibility index (Phi) is 2.83. The second-order valence-corrected chi connectivity index (χ2v) is 3.93. The molecule has 1 N–H and O–H groups in total. The van der Waals surface area contributed by atoms with Crippen LogP contribution >= 0.6 is 0 Å². The Morgan fingerprint density at radius 3 is 2.88 bits per heavy atom. The van der Waals surface area contributed by atoms with E-state index >= 15 is 0 Å². The molecule has 1 aliphatic heterocycles. The Labute approximate surface area is 93.8 Å². The van der Waals surface area contributed by atoms with E-state index in [0.29, 0.717) is 17.1 Å². The zero-order valence-corrected chi connectivity index (χ0v) is 9.27. The van der Waals surface area contributed by atoms with Gasteiger partial charge in [-0.05, 0) is 26.0 Å². The first kappa shape index (κ1) is 11.0. The summed E-state index contributed by atoms with van der Waals surface area (Å²) in [6, 6.07) is 5.08. The van der Waals surface area contributed by atoms with Crippen LogP contribution in [-0.4, -0.2) is 29.7 Å². The van der Waals surface area contributed by atoms with E-state index in [4.69, 9.17) is 9.47 Å². The number of hydrogen-bond acceptors (Lipinski definition) is 4. The average Bonchev–Trinajstić information content (AvgIpc) is 2.60. The molecule has 0 radical (unpaired) electrons. The van der Waals surface area contributed by atoms with E-state index in [2.05, 4.69) is 0 Å². The fourth-order valence-corrected chi connectivity index (χ4v) is 1.46. The first-order valence-corrected chi connectivity index (χ1v) is 5.22. The maximum Gasteiger partial charge on any atom is 0.203 e. The van der Waals surface area contributed by atoms with Gasteiger partial charge in [0.1, 0.15) is 17.6 Å². The smallest absolute Gasteiger partial charge is 0.203 e. The molecule has 0 aliphatic carbocycles. The number of carbonyl (C=O) groups excluding carboxylic acids is 1. The van der Waals surface area contributed by atoms with Crippen molar-refractivity contribution in [1.29, 1.82) is 0 Å². The number of fused-ring (bicyclic) bond motifs is 1. The van der Waals surface area contributed by atoms with Crippen molar-refractivity contribution in [2.24, 2.45) is 0 Å². The van der Waals surface area contributed by atoms with Crippen LogP contribution in [0.4, 0.5) is 0 Å². The highest BCUT2D eigenvalue weighted by atomic mass is 16.5. The predicted octanol–water partition coefficient (Wildman–Crippen LogP) is 1.41. The van der Waals surface area contributed by atoms with E-state index in [1.807, 2.05) is 0 Å². The first-order valence-electron chi connectivity index (χ1n) is 5.22. The Morgan fingerprint density at radius 1 is 1.44 bits per heavy atom. The molecule has 0 spiro atoms. The van der Waals surface area contributed by atoms with Gasteiger partial charge >= 0.3 is 0 Å². The van der Waals surface area contributed by atoms with Crippen molar-refractivity contribution in [1.82, 2.24) is 0 Å². The fraction of sp³-hybridized carbons (Fsp3) is 0.417. The van der Waals surface area contributed by atoms with Crippen molar-refractivity contribution in [3.05, 3.63) is 23.8 Å². The monoisotopic (exact) mass is 222 g/mol. The Bertz CT molecular complexity index is 411. The number of ketones is 1. The molecule has 16 heavy (non-hydrogen) atoms. The summed E-state index contributed by atoms with van der Waals surface area (Å²) < 4.78 is 10.7.